The van der Waals surface area contributed by atoms with E-state index in [1.807, 2.05) is 0 Å². The first-order chi connectivity index (χ1) is 26.5. The summed E-state index contributed by atoms with van der Waals surface area (Å²) in [7, 11) is 0. The van der Waals surface area contributed by atoms with E-state index in [2.05, 4.69) is 4.90 Å². The fraction of sp³-hybridized carbons (Fsp3) is 1.00. The topological polar surface area (TPSA) is 21.7 Å². The molecule has 3 heteroatoms. The molecule has 2 heterocycles. The van der Waals surface area contributed by atoms with Crippen LogP contribution in [0.4, 0.5) is 0 Å². The quantitative estimate of drug-likeness (QED) is 0.302. The zero-order chi connectivity index (χ0) is 38.4. The van der Waals surface area contributed by atoms with Crippen LogP contribution in [0.2, 0.25) is 0 Å². The van der Waals surface area contributed by atoms with Gasteiger partial charge in [0.25, 0.3) is 0 Å². The molecular weight excluding hydrogens is 550 g/mol. The van der Waals surface area contributed by atoms with Crippen LogP contribution < -0.4 is 0 Å². The fourth-order valence-electron chi connectivity index (χ4n) is 12.9. The second-order valence-corrected chi connectivity index (χ2v) is 16.9. The van der Waals surface area contributed by atoms with Gasteiger partial charge in [-0.1, -0.05) is 83.2 Å². The van der Waals surface area contributed by atoms with Gasteiger partial charge in [0.05, 0.1) is 24.4 Å². The van der Waals surface area contributed by atoms with Crippen LogP contribution in [0.25, 0.3) is 0 Å². The molecule has 0 aromatic heterocycles. The second kappa shape index (κ2) is 13.7. The van der Waals surface area contributed by atoms with Gasteiger partial charge in [-0.25, -0.2) is 0 Å². The van der Waals surface area contributed by atoms with Crippen molar-refractivity contribution in [2.45, 2.75) is 216 Å². The Kier molecular flexibility index (Phi) is 6.63. The molecule has 254 valence electrons. The molecule has 0 bridgehead atoms. The standard InChI is InChI=1S/C42H69NO2/c1-3-10-28(11-4-1)30-18-22-32(23-19-30)43(33-24-20-31(21-25-33)29-12-5-2-6-13-29)37-16-9-15-34-35-26-27-39-40(42(35)45-41(34)37)36-14-7-8-17-38(36)44-39/h28-42H,1-27H2/i1D,2D,3D,4D,5D,6D,10D,11D,12D,13D. The number of fused-ring (bicyclic) bond motifs is 7. The van der Waals surface area contributed by atoms with Crippen LogP contribution in [-0.4, -0.2) is 47.4 Å². The first kappa shape index (κ1) is 21.9. The number of nitrogens with zero attached hydrogens (tertiary/aromatic N) is 1. The average molecular weight is 630 g/mol. The fourth-order valence-corrected chi connectivity index (χ4v) is 12.9. The van der Waals surface area contributed by atoms with Crippen molar-refractivity contribution in [1.82, 2.24) is 4.90 Å². The summed E-state index contributed by atoms with van der Waals surface area (Å²) in [5.41, 5.74) is 0. The minimum absolute atomic E-state index is 0.144. The highest BCUT2D eigenvalue weighted by molar-refractivity contribution is 5.09. The molecule has 7 saturated carbocycles. The van der Waals surface area contributed by atoms with Gasteiger partial charge in [0.1, 0.15) is 0 Å². The molecule has 2 saturated heterocycles. The maximum absolute atomic E-state index is 8.91. The van der Waals surface area contributed by atoms with Crippen molar-refractivity contribution in [2.24, 2.45) is 47.3 Å². The summed E-state index contributed by atoms with van der Waals surface area (Å²) in [4.78, 5) is 2.92. The van der Waals surface area contributed by atoms with Crippen LogP contribution in [0.5, 0.6) is 0 Å². The van der Waals surface area contributed by atoms with Gasteiger partial charge in [-0.05, 0) is 131 Å². The molecule has 0 aromatic carbocycles. The summed E-state index contributed by atoms with van der Waals surface area (Å²) in [5.74, 6) is 2.01. The van der Waals surface area contributed by atoms with Gasteiger partial charge in [-0.3, -0.25) is 4.90 Å². The number of hydrogen-bond donors (Lipinski definition) is 0. The molecule has 9 rings (SSSR count). The van der Waals surface area contributed by atoms with E-state index in [4.69, 9.17) is 23.2 Å². The normalized spacial score (nSPS) is 71.6. The highest BCUT2D eigenvalue weighted by Crippen LogP contribution is 2.57. The van der Waals surface area contributed by atoms with E-state index in [0.717, 1.165) is 57.8 Å². The van der Waals surface area contributed by atoms with Gasteiger partial charge in [0, 0.05) is 37.8 Å². The van der Waals surface area contributed by atoms with Crippen LogP contribution in [0.3, 0.4) is 0 Å². The first-order valence-electron chi connectivity index (χ1n) is 25.5. The lowest BCUT2D eigenvalue weighted by molar-refractivity contribution is -0.104. The Morgan fingerprint density at radius 3 is 1.64 bits per heavy atom. The lowest BCUT2D eigenvalue weighted by Crippen LogP contribution is -2.58. The smallest absolute Gasteiger partial charge is 0.0766 e. The van der Waals surface area contributed by atoms with E-state index in [9.17, 15) is 0 Å². The van der Waals surface area contributed by atoms with Crippen LogP contribution in [0, 0.1) is 47.3 Å². The molecule has 2 aliphatic heterocycles. The van der Waals surface area contributed by atoms with Crippen LogP contribution in [0.1, 0.15) is 187 Å². The summed E-state index contributed by atoms with van der Waals surface area (Å²) >= 11 is 0. The SMILES string of the molecule is [2H]C1C([2H])C([2H])C(C2CCC(N(C3CCC(C4C([2H])C([2H])C([2H])C([2H])C4[2H])CC3)C3CCCC4C5CCC6OC7CCCCC7C6C5OC43)CC2)C([2H])C1[2H]. The third-order valence-corrected chi connectivity index (χ3v) is 14.9. The maximum atomic E-state index is 8.91. The Balaban J connectivity index is 0.955. The van der Waals surface area contributed by atoms with Gasteiger partial charge < -0.3 is 9.47 Å². The van der Waals surface area contributed by atoms with Gasteiger partial charge in [-0.15, -0.1) is 0 Å². The Morgan fingerprint density at radius 2 is 1.00 bits per heavy atom. The van der Waals surface area contributed by atoms with E-state index in [-0.39, 0.29) is 29.8 Å². The van der Waals surface area contributed by atoms with Gasteiger partial charge in [0.15, 0.2) is 0 Å². The Morgan fingerprint density at radius 1 is 0.422 bits per heavy atom. The van der Waals surface area contributed by atoms with Gasteiger partial charge in [-0.2, -0.15) is 0 Å². The van der Waals surface area contributed by atoms with E-state index in [0.29, 0.717) is 60.1 Å². The molecule has 0 radical (unpaired) electrons. The minimum atomic E-state index is -0.982. The van der Waals surface area contributed by atoms with Gasteiger partial charge >= 0.3 is 0 Å². The molecule has 0 spiro atoms. The highest BCUT2D eigenvalue weighted by Gasteiger charge is 2.60. The largest absolute Gasteiger partial charge is 0.374 e. The van der Waals surface area contributed by atoms with Crippen molar-refractivity contribution < 1.29 is 23.2 Å². The zero-order valence-electron chi connectivity index (χ0n) is 37.7. The molecule has 17 atom stereocenters. The molecule has 45 heavy (non-hydrogen) atoms. The molecule has 17 unspecified atom stereocenters. The van der Waals surface area contributed by atoms with Crippen molar-refractivity contribution in [3.05, 3.63) is 0 Å². The van der Waals surface area contributed by atoms with Crippen LogP contribution in [-0.2, 0) is 9.47 Å². The molecule has 7 aliphatic carbocycles. The first-order valence-corrected chi connectivity index (χ1v) is 19.8. The van der Waals surface area contributed by atoms with Crippen LogP contribution >= 0.6 is 0 Å². The summed E-state index contributed by atoms with van der Waals surface area (Å²) in [6, 6.07) is 1.05. The van der Waals surface area contributed by atoms with Crippen molar-refractivity contribution in [1.29, 1.82) is 0 Å². The summed E-state index contributed by atoms with van der Waals surface area (Å²) in [5, 5.41) is 0. The molecule has 9 aliphatic rings. The van der Waals surface area contributed by atoms with E-state index in [1.54, 1.807) is 0 Å². The summed E-state index contributed by atoms with van der Waals surface area (Å²) in [6.07, 6.45) is 11.1. The van der Waals surface area contributed by atoms with Crippen molar-refractivity contribution >= 4 is 0 Å². The number of hydrogen-bond acceptors (Lipinski definition) is 3. The summed E-state index contributed by atoms with van der Waals surface area (Å²) < 4.78 is 101. The Bertz CT molecular complexity index is 1230. The predicted molar refractivity (Wildman–Crippen MR) is 183 cm³/mol. The molecule has 0 amide bonds. The van der Waals surface area contributed by atoms with Gasteiger partial charge in [0.2, 0.25) is 0 Å². The van der Waals surface area contributed by atoms with Crippen molar-refractivity contribution in [2.75, 3.05) is 0 Å². The molecule has 3 nitrogen and oxygen atoms in total. The number of rotatable bonds is 5. The Labute approximate surface area is 291 Å². The average Bonchev–Trinajstić information content (AvgIpc) is 3.78. The Hall–Kier alpha value is -0.120. The van der Waals surface area contributed by atoms with Crippen molar-refractivity contribution in [3.8, 4) is 0 Å². The molecule has 0 N–H and O–H groups in total. The summed E-state index contributed by atoms with van der Waals surface area (Å²) in [6.45, 7) is 0. The lowest BCUT2D eigenvalue weighted by Gasteiger charge is -2.52. The van der Waals surface area contributed by atoms with Crippen molar-refractivity contribution in [3.63, 3.8) is 0 Å². The number of ether oxygens (including phenoxy) is 2. The van der Waals surface area contributed by atoms with E-state index >= 15 is 0 Å². The maximum Gasteiger partial charge on any atom is 0.0766 e. The lowest BCUT2D eigenvalue weighted by atomic mass is 9.64. The van der Waals surface area contributed by atoms with Crippen LogP contribution in [0.15, 0.2) is 0 Å². The second-order valence-electron chi connectivity index (χ2n) is 16.9. The third kappa shape index (κ3) is 5.93. The minimum Gasteiger partial charge on any atom is -0.374 e. The monoisotopic (exact) mass is 630 g/mol. The third-order valence-electron chi connectivity index (χ3n) is 14.9. The van der Waals surface area contributed by atoms with E-state index < -0.39 is 64.0 Å². The highest BCUT2D eigenvalue weighted by atomic mass is 16.5. The molecule has 9 fully saturated rings. The predicted octanol–water partition coefficient (Wildman–Crippen LogP) is 10.5. The zero-order valence-corrected chi connectivity index (χ0v) is 27.7. The van der Waals surface area contributed by atoms with E-state index in [1.165, 1.54) is 51.4 Å². The molecule has 0 aromatic rings. The molecular formula is C42H69NO2.